The van der Waals surface area contributed by atoms with Gasteiger partial charge in [-0.2, -0.15) is 0 Å². The number of sulfonamides is 1. The van der Waals surface area contributed by atoms with Gasteiger partial charge in [-0.25, -0.2) is 13.6 Å². The van der Waals surface area contributed by atoms with Gasteiger partial charge < -0.3 is 15.4 Å². The highest BCUT2D eigenvalue weighted by atomic mass is 32.2. The molecule has 0 bridgehead atoms. The number of anilines is 1. The third-order valence-corrected chi connectivity index (χ3v) is 4.38. The van der Waals surface area contributed by atoms with E-state index in [-0.39, 0.29) is 23.0 Å². The number of carbonyl (C=O) groups is 1. The molecule has 7 nitrogen and oxygen atoms in total. The summed E-state index contributed by atoms with van der Waals surface area (Å²) in [6.45, 7) is 4.89. The van der Waals surface area contributed by atoms with Crippen LogP contribution in [0.1, 0.15) is 12.5 Å². The number of carbonyl (C=O) groups excluding carboxylic acids is 1. The number of rotatable bonds is 5. The monoisotopic (exact) mass is 313 g/mol. The molecule has 8 heteroatoms. The fourth-order valence-electron chi connectivity index (χ4n) is 2.00. The molecule has 0 atom stereocenters. The van der Waals surface area contributed by atoms with Gasteiger partial charge in [-0.3, -0.25) is 4.79 Å². The molecule has 1 aliphatic rings. The molecule has 2 rings (SSSR count). The van der Waals surface area contributed by atoms with E-state index in [0.29, 0.717) is 24.3 Å². The largest absolute Gasteiger partial charge is 0.363 e. The van der Waals surface area contributed by atoms with Crippen LogP contribution in [0.3, 0.4) is 0 Å². The number of ether oxygens (including phenoxy) is 1. The Kier molecular flexibility index (Phi) is 4.33. The fourth-order valence-corrected chi connectivity index (χ4v) is 2.81. The molecular weight excluding hydrogens is 294 g/mol. The van der Waals surface area contributed by atoms with Gasteiger partial charge in [-0.05, 0) is 31.5 Å². The minimum absolute atomic E-state index is 0.00336. The van der Waals surface area contributed by atoms with Gasteiger partial charge in [-0.15, -0.1) is 0 Å². The maximum atomic E-state index is 11.8. The molecule has 1 amide bonds. The lowest BCUT2D eigenvalue weighted by molar-refractivity contribution is -0.130. The van der Waals surface area contributed by atoms with Crippen molar-refractivity contribution in [2.24, 2.45) is 5.14 Å². The van der Waals surface area contributed by atoms with Crippen molar-refractivity contribution in [2.75, 3.05) is 25.0 Å². The quantitative estimate of drug-likeness (QED) is 0.706. The highest BCUT2D eigenvalue weighted by molar-refractivity contribution is 7.89. The Morgan fingerprint density at radius 2 is 2.14 bits per heavy atom. The van der Waals surface area contributed by atoms with Crippen LogP contribution in [0.2, 0.25) is 0 Å². The van der Waals surface area contributed by atoms with E-state index in [4.69, 9.17) is 9.88 Å². The summed E-state index contributed by atoms with van der Waals surface area (Å²) in [5, 5.41) is 10.8. The van der Waals surface area contributed by atoms with Crippen LogP contribution in [0.25, 0.3) is 0 Å². The second kappa shape index (κ2) is 5.72. The van der Waals surface area contributed by atoms with E-state index < -0.39 is 10.0 Å². The number of hydrogen-bond donors (Lipinski definition) is 3. The summed E-state index contributed by atoms with van der Waals surface area (Å²) in [5.74, 6) is -0.340. The highest BCUT2D eigenvalue weighted by Crippen LogP contribution is 2.19. The van der Waals surface area contributed by atoms with Gasteiger partial charge in [0.1, 0.15) is 6.61 Å². The summed E-state index contributed by atoms with van der Waals surface area (Å²) in [4.78, 5) is 11.8. The van der Waals surface area contributed by atoms with Crippen molar-refractivity contribution in [3.8, 4) is 0 Å². The summed E-state index contributed by atoms with van der Waals surface area (Å²) < 4.78 is 28.4. The first kappa shape index (κ1) is 15.9. The highest BCUT2D eigenvalue weighted by Gasteiger charge is 2.33. The van der Waals surface area contributed by atoms with E-state index in [9.17, 15) is 13.2 Å². The minimum Gasteiger partial charge on any atom is -0.363 e. The molecule has 1 aliphatic heterocycles. The molecular formula is C13H19N3O4S. The number of nitrogens with two attached hydrogens (primary N) is 1. The summed E-state index contributed by atoms with van der Waals surface area (Å²) >= 11 is 0. The standard InChI is InChI=1S/C13H19N3O4S/c1-9-3-4-10(5-11(9)21(14,18)19)16-12(17)6-20-13(2)7-15-8-13/h3-5,15H,6-8H2,1-2H3,(H,16,17)(H2,14,18,19). The van der Waals surface area contributed by atoms with Crippen LogP contribution in [0, 0.1) is 6.92 Å². The van der Waals surface area contributed by atoms with Crippen LogP contribution in [-0.4, -0.2) is 39.6 Å². The maximum absolute atomic E-state index is 11.8. The molecule has 1 saturated heterocycles. The van der Waals surface area contributed by atoms with Crippen molar-refractivity contribution in [3.63, 3.8) is 0 Å². The smallest absolute Gasteiger partial charge is 0.250 e. The normalized spacial score (nSPS) is 17.1. The number of amides is 1. The maximum Gasteiger partial charge on any atom is 0.250 e. The van der Waals surface area contributed by atoms with E-state index >= 15 is 0 Å². The second-order valence-corrected chi connectivity index (χ2v) is 6.95. The topological polar surface area (TPSA) is 111 Å². The van der Waals surface area contributed by atoms with Gasteiger partial charge in [-0.1, -0.05) is 6.07 Å². The van der Waals surface area contributed by atoms with Crippen LogP contribution in [-0.2, 0) is 19.6 Å². The van der Waals surface area contributed by atoms with Crippen LogP contribution in [0.4, 0.5) is 5.69 Å². The van der Waals surface area contributed by atoms with Crippen molar-refractivity contribution in [1.82, 2.24) is 5.32 Å². The van der Waals surface area contributed by atoms with E-state index in [1.807, 2.05) is 6.92 Å². The SMILES string of the molecule is Cc1ccc(NC(=O)COC2(C)CNC2)cc1S(N)(=O)=O. The Labute approximate surface area is 123 Å². The van der Waals surface area contributed by atoms with E-state index in [1.54, 1.807) is 19.1 Å². The van der Waals surface area contributed by atoms with Gasteiger partial charge in [0.2, 0.25) is 15.9 Å². The predicted octanol–water partition coefficient (Wildman–Crippen LogP) is -0.0406. The molecule has 0 radical (unpaired) electrons. The third kappa shape index (κ3) is 4.01. The number of aryl methyl sites for hydroxylation is 1. The van der Waals surface area contributed by atoms with E-state index in [1.165, 1.54) is 6.07 Å². The summed E-state index contributed by atoms with van der Waals surface area (Å²) in [7, 11) is -3.81. The summed E-state index contributed by atoms with van der Waals surface area (Å²) in [6, 6.07) is 4.55. The summed E-state index contributed by atoms with van der Waals surface area (Å²) in [6.07, 6.45) is 0. The number of benzene rings is 1. The van der Waals surface area contributed by atoms with Crippen molar-refractivity contribution >= 4 is 21.6 Å². The molecule has 21 heavy (non-hydrogen) atoms. The molecule has 0 spiro atoms. The third-order valence-electron chi connectivity index (χ3n) is 3.33. The molecule has 0 aliphatic carbocycles. The predicted molar refractivity (Wildman–Crippen MR) is 78.4 cm³/mol. The number of primary sulfonamides is 1. The average Bonchev–Trinajstić information content (AvgIpc) is 2.35. The second-order valence-electron chi connectivity index (χ2n) is 5.42. The van der Waals surface area contributed by atoms with E-state index in [0.717, 1.165) is 0 Å². The van der Waals surface area contributed by atoms with Gasteiger partial charge in [0.25, 0.3) is 0 Å². The van der Waals surface area contributed by atoms with Crippen LogP contribution >= 0.6 is 0 Å². The molecule has 0 unspecified atom stereocenters. The van der Waals surface area contributed by atoms with Crippen LogP contribution in [0.5, 0.6) is 0 Å². The van der Waals surface area contributed by atoms with Gasteiger partial charge in [0.05, 0.1) is 10.5 Å². The molecule has 0 saturated carbocycles. The lowest BCUT2D eigenvalue weighted by Gasteiger charge is -2.38. The Hall–Kier alpha value is -1.48. The average molecular weight is 313 g/mol. The minimum atomic E-state index is -3.81. The first-order valence-corrected chi connectivity index (χ1v) is 8.02. The van der Waals surface area contributed by atoms with Crippen molar-refractivity contribution in [2.45, 2.75) is 24.3 Å². The summed E-state index contributed by atoms with van der Waals surface area (Å²) in [5.41, 5.74) is 0.589. The zero-order valence-corrected chi connectivity index (χ0v) is 12.8. The number of nitrogens with one attached hydrogen (secondary N) is 2. The first-order valence-electron chi connectivity index (χ1n) is 6.48. The zero-order valence-electron chi connectivity index (χ0n) is 12.0. The van der Waals surface area contributed by atoms with Crippen LogP contribution < -0.4 is 15.8 Å². The molecule has 1 aromatic rings. The first-order chi connectivity index (χ1) is 9.70. The Morgan fingerprint density at radius 1 is 1.48 bits per heavy atom. The van der Waals surface area contributed by atoms with Gasteiger partial charge in [0, 0.05) is 18.8 Å². The molecule has 4 N–H and O–H groups in total. The molecule has 1 heterocycles. The lowest BCUT2D eigenvalue weighted by Crippen LogP contribution is -2.59. The zero-order chi connectivity index (χ0) is 15.7. The van der Waals surface area contributed by atoms with Crippen molar-refractivity contribution < 1.29 is 17.9 Å². The lowest BCUT2D eigenvalue weighted by atomic mass is 10.0. The van der Waals surface area contributed by atoms with Gasteiger partial charge in [0.15, 0.2) is 0 Å². The number of hydrogen-bond acceptors (Lipinski definition) is 5. The van der Waals surface area contributed by atoms with Crippen molar-refractivity contribution in [3.05, 3.63) is 23.8 Å². The molecule has 1 fully saturated rings. The Morgan fingerprint density at radius 3 is 2.67 bits per heavy atom. The van der Waals surface area contributed by atoms with Gasteiger partial charge >= 0.3 is 0 Å². The fraction of sp³-hybridized carbons (Fsp3) is 0.462. The molecule has 0 aromatic heterocycles. The molecule has 1 aromatic carbocycles. The van der Waals surface area contributed by atoms with Crippen LogP contribution in [0.15, 0.2) is 23.1 Å². The van der Waals surface area contributed by atoms with E-state index in [2.05, 4.69) is 10.6 Å². The Bertz CT molecular complexity index is 653. The molecule has 116 valence electrons. The Balaban J connectivity index is 2.01. The van der Waals surface area contributed by atoms with Crippen molar-refractivity contribution in [1.29, 1.82) is 0 Å².